The lowest BCUT2D eigenvalue weighted by Gasteiger charge is -2.27. The third-order valence-electron chi connectivity index (χ3n) is 6.34. The van der Waals surface area contributed by atoms with E-state index >= 15 is 0 Å². The van der Waals surface area contributed by atoms with Crippen molar-refractivity contribution in [1.29, 1.82) is 0 Å². The number of rotatable bonds is 7. The summed E-state index contributed by atoms with van der Waals surface area (Å²) in [5, 5.41) is 7.01. The number of carbonyl (C=O) groups excluding carboxylic acids is 2. The van der Waals surface area contributed by atoms with Gasteiger partial charge in [0.25, 0.3) is 5.91 Å². The lowest BCUT2D eigenvalue weighted by atomic mass is 9.86. The maximum absolute atomic E-state index is 12.9. The van der Waals surface area contributed by atoms with Gasteiger partial charge in [0.15, 0.2) is 0 Å². The highest BCUT2D eigenvalue weighted by molar-refractivity contribution is 6.00. The van der Waals surface area contributed by atoms with Crippen LogP contribution < -0.4 is 10.6 Å². The molecule has 0 spiro atoms. The van der Waals surface area contributed by atoms with E-state index in [0.717, 1.165) is 47.8 Å². The van der Waals surface area contributed by atoms with Gasteiger partial charge in [-0.15, -0.1) is 0 Å². The van der Waals surface area contributed by atoms with Crippen molar-refractivity contribution in [2.45, 2.75) is 51.8 Å². The highest BCUT2D eigenvalue weighted by atomic mass is 16.5. The van der Waals surface area contributed by atoms with E-state index in [9.17, 15) is 9.59 Å². The Balaban J connectivity index is 1.49. The smallest absolute Gasteiger partial charge is 0.268 e. The maximum atomic E-state index is 12.9. The minimum Gasteiger partial charge on any atom is -0.381 e. The monoisotopic (exact) mass is 433 g/mol. The van der Waals surface area contributed by atoms with Crippen LogP contribution in [-0.2, 0) is 22.6 Å². The second kappa shape index (κ2) is 10.0. The Morgan fingerprint density at radius 1 is 1.09 bits per heavy atom. The van der Waals surface area contributed by atoms with Gasteiger partial charge in [0, 0.05) is 42.7 Å². The van der Waals surface area contributed by atoms with Gasteiger partial charge in [-0.2, -0.15) is 0 Å². The van der Waals surface area contributed by atoms with Gasteiger partial charge in [-0.1, -0.05) is 36.8 Å². The fraction of sp³-hybridized carbons (Fsp3) is 0.385. The first-order valence-electron chi connectivity index (χ1n) is 11.4. The largest absolute Gasteiger partial charge is 0.381 e. The molecule has 2 N–H and O–H groups in total. The van der Waals surface area contributed by atoms with Crippen molar-refractivity contribution in [2.24, 2.45) is 5.92 Å². The van der Waals surface area contributed by atoms with Gasteiger partial charge in [0.2, 0.25) is 5.91 Å². The van der Waals surface area contributed by atoms with Crippen molar-refractivity contribution >= 4 is 28.4 Å². The highest BCUT2D eigenvalue weighted by Gasteiger charge is 2.27. The van der Waals surface area contributed by atoms with Crippen LogP contribution in [0.15, 0.2) is 54.6 Å². The van der Waals surface area contributed by atoms with E-state index in [1.807, 2.05) is 66.1 Å². The van der Waals surface area contributed by atoms with Crippen molar-refractivity contribution in [1.82, 2.24) is 9.88 Å². The van der Waals surface area contributed by atoms with E-state index in [-0.39, 0.29) is 23.8 Å². The Bertz CT molecular complexity index is 1090. The third-order valence-corrected chi connectivity index (χ3v) is 6.34. The van der Waals surface area contributed by atoms with Gasteiger partial charge < -0.3 is 19.9 Å². The van der Waals surface area contributed by atoms with Crippen molar-refractivity contribution in [3.63, 3.8) is 0 Å². The fourth-order valence-corrected chi connectivity index (χ4v) is 4.59. The first-order chi connectivity index (χ1) is 15.6. The molecule has 0 radical (unpaired) electrons. The number of benzene rings is 2. The molecule has 32 heavy (non-hydrogen) atoms. The molecule has 0 unspecified atom stereocenters. The van der Waals surface area contributed by atoms with E-state index < -0.39 is 0 Å². The predicted octanol–water partition coefficient (Wildman–Crippen LogP) is 4.73. The zero-order chi connectivity index (χ0) is 22.5. The summed E-state index contributed by atoms with van der Waals surface area (Å²) >= 11 is 0. The number of hydrogen-bond donors (Lipinski definition) is 2. The van der Waals surface area contributed by atoms with Crippen LogP contribution in [-0.4, -0.2) is 29.6 Å². The summed E-state index contributed by atoms with van der Waals surface area (Å²) in [7, 11) is 1.71. The van der Waals surface area contributed by atoms with Gasteiger partial charge >= 0.3 is 0 Å². The molecule has 168 valence electrons. The van der Waals surface area contributed by atoms with Crippen molar-refractivity contribution in [3.8, 4) is 0 Å². The number of amides is 2. The molecule has 2 atom stereocenters. The van der Waals surface area contributed by atoms with E-state index in [4.69, 9.17) is 4.74 Å². The number of fused-ring (bicyclic) bond motifs is 1. The molecular weight excluding hydrogens is 402 g/mol. The topological polar surface area (TPSA) is 72.4 Å². The standard InChI is InChI=1S/C26H31N3O3/c1-3-29-23-13-12-21(28-25(30)19-10-7-11-22(15-19)32-2)14-20(23)16-24(29)26(31)27-17-18-8-5-4-6-9-18/h4-6,8-9,12-14,16,19,22H,3,7,10-11,15,17H2,1-2H3,(H,27,31)(H,28,30)/t19-,22+/m1/s1. The van der Waals surface area contributed by atoms with Crippen molar-refractivity contribution in [3.05, 3.63) is 65.9 Å². The van der Waals surface area contributed by atoms with Crippen LogP contribution in [0.3, 0.4) is 0 Å². The number of nitrogens with zero attached hydrogens (tertiary/aromatic N) is 1. The molecule has 0 aliphatic heterocycles. The second-order valence-electron chi connectivity index (χ2n) is 8.43. The van der Waals surface area contributed by atoms with E-state index in [1.165, 1.54) is 0 Å². The zero-order valence-corrected chi connectivity index (χ0v) is 18.8. The van der Waals surface area contributed by atoms with Gasteiger partial charge in [0.05, 0.1) is 6.10 Å². The summed E-state index contributed by atoms with van der Waals surface area (Å²) in [4.78, 5) is 25.7. The van der Waals surface area contributed by atoms with Crippen LogP contribution in [0.1, 0.15) is 48.7 Å². The van der Waals surface area contributed by atoms with Gasteiger partial charge in [-0.05, 0) is 56.0 Å². The SMILES string of the molecule is CCn1c(C(=O)NCc2ccccc2)cc2cc(NC(=O)[C@@H]3CCC[C@H](OC)C3)ccc21. The number of anilines is 1. The molecule has 3 aromatic rings. The Kier molecular flexibility index (Phi) is 6.90. The molecular formula is C26H31N3O3. The van der Waals surface area contributed by atoms with Crippen LogP contribution in [0, 0.1) is 5.92 Å². The Morgan fingerprint density at radius 3 is 2.66 bits per heavy atom. The summed E-state index contributed by atoms with van der Waals surface area (Å²) < 4.78 is 7.46. The van der Waals surface area contributed by atoms with Crippen LogP contribution in [0.4, 0.5) is 5.69 Å². The fourth-order valence-electron chi connectivity index (χ4n) is 4.59. The van der Waals surface area contributed by atoms with Gasteiger partial charge in [0.1, 0.15) is 5.69 Å². The molecule has 4 rings (SSSR count). The molecule has 1 saturated carbocycles. The molecule has 1 fully saturated rings. The van der Waals surface area contributed by atoms with E-state index in [2.05, 4.69) is 10.6 Å². The Hall–Kier alpha value is -3.12. The molecule has 0 bridgehead atoms. The summed E-state index contributed by atoms with van der Waals surface area (Å²) in [6, 6.07) is 17.6. The minimum atomic E-state index is -0.106. The summed E-state index contributed by atoms with van der Waals surface area (Å²) in [5.74, 6) is -0.0869. The normalized spacial score (nSPS) is 18.4. The average molecular weight is 434 g/mol. The molecule has 6 nitrogen and oxygen atoms in total. The second-order valence-corrected chi connectivity index (χ2v) is 8.43. The van der Waals surface area contributed by atoms with E-state index in [1.54, 1.807) is 7.11 Å². The van der Waals surface area contributed by atoms with Crippen LogP contribution in [0.2, 0.25) is 0 Å². The van der Waals surface area contributed by atoms with Crippen molar-refractivity contribution < 1.29 is 14.3 Å². The minimum absolute atomic E-state index is 0.0241. The molecule has 1 aromatic heterocycles. The van der Waals surface area contributed by atoms with Crippen molar-refractivity contribution in [2.75, 3.05) is 12.4 Å². The summed E-state index contributed by atoms with van der Waals surface area (Å²) in [6.07, 6.45) is 3.86. The highest BCUT2D eigenvalue weighted by Crippen LogP contribution is 2.28. The molecule has 6 heteroatoms. The lowest BCUT2D eigenvalue weighted by Crippen LogP contribution is -2.30. The third kappa shape index (κ3) is 4.86. The summed E-state index contributed by atoms with van der Waals surface area (Å²) in [5.41, 5.74) is 3.42. The number of carbonyl (C=O) groups is 2. The number of aromatic nitrogens is 1. The molecule has 1 aliphatic carbocycles. The first kappa shape index (κ1) is 22.1. The quantitative estimate of drug-likeness (QED) is 0.566. The molecule has 2 amide bonds. The molecule has 2 aromatic carbocycles. The lowest BCUT2D eigenvalue weighted by molar-refractivity contribution is -0.122. The Labute approximate surface area is 188 Å². The van der Waals surface area contributed by atoms with Crippen LogP contribution in [0.5, 0.6) is 0 Å². The predicted molar refractivity (Wildman–Crippen MR) is 127 cm³/mol. The Morgan fingerprint density at radius 2 is 1.91 bits per heavy atom. The number of hydrogen-bond acceptors (Lipinski definition) is 3. The molecule has 1 aliphatic rings. The molecule has 0 saturated heterocycles. The maximum Gasteiger partial charge on any atom is 0.268 e. The number of ether oxygens (including phenoxy) is 1. The van der Waals surface area contributed by atoms with Gasteiger partial charge in [-0.3, -0.25) is 9.59 Å². The zero-order valence-electron chi connectivity index (χ0n) is 18.8. The van der Waals surface area contributed by atoms with Crippen LogP contribution >= 0.6 is 0 Å². The molecule has 1 heterocycles. The average Bonchev–Trinajstić information content (AvgIpc) is 3.21. The summed E-state index contributed by atoms with van der Waals surface area (Å²) in [6.45, 7) is 3.19. The first-order valence-corrected chi connectivity index (χ1v) is 11.4. The number of methoxy groups -OCH3 is 1. The number of aryl methyl sites for hydroxylation is 1. The number of nitrogens with one attached hydrogen (secondary N) is 2. The van der Waals surface area contributed by atoms with E-state index in [0.29, 0.717) is 18.8 Å². The van der Waals surface area contributed by atoms with Crippen LogP contribution in [0.25, 0.3) is 10.9 Å². The van der Waals surface area contributed by atoms with Gasteiger partial charge in [-0.25, -0.2) is 0 Å².